The second kappa shape index (κ2) is 7.41. The van der Waals surface area contributed by atoms with Gasteiger partial charge in [0.25, 0.3) is 5.91 Å². The van der Waals surface area contributed by atoms with E-state index in [1.165, 1.54) is 28.5 Å². The number of benzene rings is 2. The predicted octanol–water partition coefficient (Wildman–Crippen LogP) is 5.47. The van der Waals surface area contributed by atoms with Gasteiger partial charge in [0.05, 0.1) is 17.5 Å². The number of ether oxygens (including phenoxy) is 1. The van der Waals surface area contributed by atoms with Gasteiger partial charge in [-0.3, -0.25) is 4.79 Å². The lowest BCUT2D eigenvalue weighted by Crippen LogP contribution is -2.31. The second-order valence-corrected chi connectivity index (χ2v) is 8.02. The fourth-order valence-corrected chi connectivity index (χ4v) is 5.22. The summed E-state index contributed by atoms with van der Waals surface area (Å²) in [5.41, 5.74) is 3.06. The van der Waals surface area contributed by atoms with Crippen LogP contribution in [-0.2, 0) is 11.3 Å². The first-order valence-electron chi connectivity index (χ1n) is 9.17. The van der Waals surface area contributed by atoms with Crippen molar-refractivity contribution < 1.29 is 13.9 Å². The maximum Gasteiger partial charge on any atom is 0.264 e. The van der Waals surface area contributed by atoms with Gasteiger partial charge < -0.3 is 9.64 Å². The van der Waals surface area contributed by atoms with Crippen LogP contribution in [0.2, 0.25) is 0 Å². The highest BCUT2D eigenvalue weighted by atomic mass is 32.1. The molecule has 1 aliphatic rings. The highest BCUT2D eigenvalue weighted by Gasteiger charge is 2.33. The van der Waals surface area contributed by atoms with Crippen LogP contribution in [0.3, 0.4) is 0 Å². The van der Waals surface area contributed by atoms with Crippen molar-refractivity contribution in [1.29, 1.82) is 0 Å². The topological polar surface area (TPSA) is 29.5 Å². The van der Waals surface area contributed by atoms with E-state index in [0.717, 1.165) is 24.1 Å². The Morgan fingerprint density at radius 3 is 2.85 bits per heavy atom. The molecule has 0 bridgehead atoms. The van der Waals surface area contributed by atoms with Gasteiger partial charge in [0.2, 0.25) is 0 Å². The van der Waals surface area contributed by atoms with Crippen LogP contribution in [0.5, 0.6) is 0 Å². The summed E-state index contributed by atoms with van der Waals surface area (Å²) >= 11 is 1.36. The molecule has 27 heavy (non-hydrogen) atoms. The van der Waals surface area contributed by atoms with Gasteiger partial charge >= 0.3 is 0 Å². The van der Waals surface area contributed by atoms with Gasteiger partial charge in [-0.15, -0.1) is 11.3 Å². The molecule has 0 saturated carbocycles. The van der Waals surface area contributed by atoms with Gasteiger partial charge in [0.1, 0.15) is 5.82 Å². The van der Waals surface area contributed by atoms with E-state index in [2.05, 4.69) is 19.1 Å². The van der Waals surface area contributed by atoms with E-state index in [1.807, 2.05) is 23.1 Å². The molecular formula is C22H22FNO2S. The summed E-state index contributed by atoms with van der Waals surface area (Å²) in [6, 6.07) is 13.3. The lowest BCUT2D eigenvalue weighted by atomic mass is 9.99. The summed E-state index contributed by atoms with van der Waals surface area (Å²) in [7, 11) is 1.57. The average molecular weight is 383 g/mol. The summed E-state index contributed by atoms with van der Waals surface area (Å²) in [5, 5.41) is 0.513. The van der Waals surface area contributed by atoms with Crippen LogP contribution in [0.4, 0.5) is 4.39 Å². The fourth-order valence-electron chi connectivity index (χ4n) is 4.05. The number of hydrogen-bond acceptors (Lipinski definition) is 3. The normalized spacial score (nSPS) is 17.0. The van der Waals surface area contributed by atoms with Crippen molar-refractivity contribution in [3.8, 4) is 0 Å². The summed E-state index contributed by atoms with van der Waals surface area (Å²) in [6.45, 7) is 3.04. The zero-order valence-electron chi connectivity index (χ0n) is 15.5. The molecule has 1 aliphatic heterocycles. The SMILES string of the molecule is COCc1c(C(=O)N2CCCC2c2ccccc2C)sc2cccc(F)c12. The minimum atomic E-state index is -0.299. The van der Waals surface area contributed by atoms with Crippen molar-refractivity contribution in [3.63, 3.8) is 0 Å². The number of nitrogens with zero attached hydrogens (tertiary/aromatic N) is 1. The number of rotatable bonds is 4. The minimum absolute atomic E-state index is 0.0200. The number of likely N-dealkylation sites (tertiary alicyclic amines) is 1. The molecule has 0 N–H and O–H groups in total. The quantitative estimate of drug-likeness (QED) is 0.598. The number of carbonyl (C=O) groups is 1. The standard InChI is InChI=1S/C22H22FNO2S/c1-14-7-3-4-8-15(14)18-10-6-12-24(18)22(25)21-16(13-26-2)20-17(23)9-5-11-19(20)27-21/h3-5,7-9,11,18H,6,10,12-13H2,1-2H3. The Hall–Kier alpha value is -2.24. The molecule has 1 unspecified atom stereocenters. The van der Waals surface area contributed by atoms with Crippen molar-refractivity contribution in [2.45, 2.75) is 32.4 Å². The van der Waals surface area contributed by atoms with Crippen molar-refractivity contribution in [2.24, 2.45) is 0 Å². The maximum absolute atomic E-state index is 14.4. The number of halogens is 1. The third-order valence-corrected chi connectivity index (χ3v) is 6.49. The van der Waals surface area contributed by atoms with Crippen LogP contribution >= 0.6 is 11.3 Å². The monoisotopic (exact) mass is 383 g/mol. The van der Waals surface area contributed by atoms with Gasteiger partial charge in [-0.2, -0.15) is 0 Å². The van der Waals surface area contributed by atoms with Crippen LogP contribution in [0, 0.1) is 12.7 Å². The molecule has 5 heteroatoms. The molecule has 1 fully saturated rings. The highest BCUT2D eigenvalue weighted by Crippen LogP contribution is 2.39. The lowest BCUT2D eigenvalue weighted by molar-refractivity contribution is 0.0736. The van der Waals surface area contributed by atoms with Gasteiger partial charge in [-0.1, -0.05) is 30.3 Å². The first kappa shape index (κ1) is 18.1. The van der Waals surface area contributed by atoms with E-state index in [-0.39, 0.29) is 24.4 Å². The summed E-state index contributed by atoms with van der Waals surface area (Å²) in [5.74, 6) is -0.319. The Morgan fingerprint density at radius 2 is 2.07 bits per heavy atom. The molecule has 2 aromatic carbocycles. The first-order chi connectivity index (χ1) is 13.1. The van der Waals surface area contributed by atoms with E-state index in [0.29, 0.717) is 15.8 Å². The number of amides is 1. The van der Waals surface area contributed by atoms with Gasteiger partial charge in [0.15, 0.2) is 0 Å². The Bertz CT molecular complexity index is 997. The van der Waals surface area contributed by atoms with Crippen molar-refractivity contribution >= 4 is 27.3 Å². The Balaban J connectivity index is 1.77. The van der Waals surface area contributed by atoms with Crippen molar-refractivity contribution in [2.75, 3.05) is 13.7 Å². The summed E-state index contributed by atoms with van der Waals surface area (Å²) in [4.78, 5) is 16.0. The largest absolute Gasteiger partial charge is 0.380 e. The number of hydrogen-bond donors (Lipinski definition) is 0. The number of carbonyl (C=O) groups excluding carboxylic acids is 1. The molecule has 0 spiro atoms. The first-order valence-corrected chi connectivity index (χ1v) is 9.98. The number of methoxy groups -OCH3 is 1. The van der Waals surface area contributed by atoms with E-state index >= 15 is 0 Å². The Morgan fingerprint density at radius 1 is 1.26 bits per heavy atom. The molecule has 0 radical (unpaired) electrons. The van der Waals surface area contributed by atoms with Crippen LogP contribution in [0.1, 0.15) is 45.2 Å². The molecule has 4 rings (SSSR count). The summed E-state index contributed by atoms with van der Waals surface area (Å²) in [6.07, 6.45) is 1.93. The van der Waals surface area contributed by atoms with Gasteiger partial charge in [-0.25, -0.2) is 4.39 Å². The van der Waals surface area contributed by atoms with Crippen LogP contribution in [0.25, 0.3) is 10.1 Å². The van der Waals surface area contributed by atoms with Gasteiger partial charge in [0, 0.05) is 29.3 Å². The van der Waals surface area contributed by atoms with Gasteiger partial charge in [-0.05, 0) is 43.0 Å². The number of thiophene rings is 1. The van der Waals surface area contributed by atoms with Crippen molar-refractivity contribution in [3.05, 3.63) is 69.8 Å². The Labute approximate surface area is 162 Å². The lowest BCUT2D eigenvalue weighted by Gasteiger charge is -2.26. The third-order valence-electron chi connectivity index (χ3n) is 5.31. The minimum Gasteiger partial charge on any atom is -0.380 e. The zero-order valence-corrected chi connectivity index (χ0v) is 16.3. The predicted molar refractivity (Wildman–Crippen MR) is 107 cm³/mol. The van der Waals surface area contributed by atoms with Crippen LogP contribution in [-0.4, -0.2) is 24.5 Å². The molecule has 0 aliphatic carbocycles. The summed E-state index contributed by atoms with van der Waals surface area (Å²) < 4.78 is 20.5. The zero-order chi connectivity index (χ0) is 19.0. The third kappa shape index (κ3) is 3.15. The van der Waals surface area contributed by atoms with Crippen LogP contribution in [0.15, 0.2) is 42.5 Å². The Kier molecular flexibility index (Phi) is 4.98. The second-order valence-electron chi connectivity index (χ2n) is 6.97. The molecule has 3 nitrogen and oxygen atoms in total. The molecular weight excluding hydrogens is 361 g/mol. The molecule has 1 atom stereocenters. The smallest absolute Gasteiger partial charge is 0.264 e. The molecule has 1 amide bonds. The molecule has 1 aromatic heterocycles. The van der Waals surface area contributed by atoms with E-state index in [4.69, 9.17) is 4.74 Å². The number of fused-ring (bicyclic) bond motifs is 1. The van der Waals surface area contributed by atoms with E-state index < -0.39 is 0 Å². The van der Waals surface area contributed by atoms with E-state index in [9.17, 15) is 9.18 Å². The average Bonchev–Trinajstić information content (AvgIpc) is 3.28. The highest BCUT2D eigenvalue weighted by molar-refractivity contribution is 7.21. The molecule has 1 saturated heterocycles. The number of aryl methyl sites for hydroxylation is 1. The van der Waals surface area contributed by atoms with Crippen molar-refractivity contribution in [1.82, 2.24) is 4.90 Å². The molecule has 3 aromatic rings. The van der Waals surface area contributed by atoms with E-state index in [1.54, 1.807) is 13.2 Å². The maximum atomic E-state index is 14.4. The molecule has 140 valence electrons. The van der Waals surface area contributed by atoms with Crippen LogP contribution < -0.4 is 0 Å². The molecule has 2 heterocycles. The fraction of sp³-hybridized carbons (Fsp3) is 0.318.